The smallest absolute Gasteiger partial charge is 0.354 e. The molecule has 2 rings (SSSR count). The van der Waals surface area contributed by atoms with Gasteiger partial charge >= 0.3 is 5.97 Å². The average Bonchev–Trinajstić information content (AvgIpc) is 2.89. The first kappa shape index (κ1) is 14.4. The molecule has 0 atom stereocenters. The van der Waals surface area contributed by atoms with Crippen molar-refractivity contribution in [2.24, 2.45) is 0 Å². The zero-order valence-electron chi connectivity index (χ0n) is 12.3. The number of aromatic nitrogens is 1. The standard InChI is InChI=1S/C17H21NO2/c1-13(2)18-15(11-12-16(18)17(19)20-3)10-9-14-7-5-4-6-8-14/h4-8,11-13H,9-10H2,1-3H3. The molecule has 0 radical (unpaired) electrons. The van der Waals surface area contributed by atoms with Gasteiger partial charge in [0.1, 0.15) is 5.69 Å². The molecule has 0 aliphatic rings. The van der Waals surface area contributed by atoms with E-state index in [9.17, 15) is 4.79 Å². The van der Waals surface area contributed by atoms with Crippen molar-refractivity contribution in [2.75, 3.05) is 7.11 Å². The molecule has 1 heterocycles. The maximum absolute atomic E-state index is 11.8. The number of esters is 1. The molecule has 3 nitrogen and oxygen atoms in total. The predicted molar refractivity (Wildman–Crippen MR) is 80.0 cm³/mol. The van der Waals surface area contributed by atoms with Crippen LogP contribution in [0.5, 0.6) is 0 Å². The number of methoxy groups -OCH3 is 1. The van der Waals surface area contributed by atoms with Gasteiger partial charge in [0.05, 0.1) is 7.11 Å². The van der Waals surface area contributed by atoms with E-state index < -0.39 is 0 Å². The van der Waals surface area contributed by atoms with Crippen LogP contribution in [-0.4, -0.2) is 17.6 Å². The zero-order chi connectivity index (χ0) is 14.5. The number of rotatable bonds is 5. The summed E-state index contributed by atoms with van der Waals surface area (Å²) in [7, 11) is 1.42. The first-order valence-corrected chi connectivity index (χ1v) is 6.96. The second-order valence-corrected chi connectivity index (χ2v) is 5.15. The summed E-state index contributed by atoms with van der Waals surface area (Å²) < 4.78 is 6.91. The van der Waals surface area contributed by atoms with E-state index >= 15 is 0 Å². The molecular formula is C17H21NO2. The third kappa shape index (κ3) is 3.10. The highest BCUT2D eigenvalue weighted by Crippen LogP contribution is 2.19. The SMILES string of the molecule is COC(=O)c1ccc(CCc2ccccc2)n1C(C)C. The van der Waals surface area contributed by atoms with Crippen molar-refractivity contribution >= 4 is 5.97 Å². The van der Waals surface area contributed by atoms with Crippen LogP contribution in [0.4, 0.5) is 0 Å². The second-order valence-electron chi connectivity index (χ2n) is 5.15. The van der Waals surface area contributed by atoms with E-state index in [0.717, 1.165) is 12.8 Å². The minimum atomic E-state index is -0.273. The fraction of sp³-hybridized carbons (Fsp3) is 0.353. The molecule has 2 aromatic rings. The number of nitrogens with zero attached hydrogens (tertiary/aromatic N) is 1. The molecule has 0 saturated heterocycles. The van der Waals surface area contributed by atoms with Crippen LogP contribution in [0.25, 0.3) is 0 Å². The largest absolute Gasteiger partial charge is 0.464 e. The van der Waals surface area contributed by atoms with Crippen LogP contribution in [0.1, 0.15) is 41.6 Å². The molecule has 0 amide bonds. The lowest BCUT2D eigenvalue weighted by atomic mass is 10.1. The Morgan fingerprint density at radius 2 is 1.80 bits per heavy atom. The number of carbonyl (C=O) groups excluding carboxylic acids is 1. The minimum absolute atomic E-state index is 0.241. The Morgan fingerprint density at radius 1 is 1.10 bits per heavy atom. The molecule has 1 aromatic heterocycles. The van der Waals surface area contributed by atoms with E-state index in [4.69, 9.17) is 4.74 Å². The summed E-state index contributed by atoms with van der Waals surface area (Å²) >= 11 is 0. The predicted octanol–water partition coefficient (Wildman–Crippen LogP) is 3.64. The summed E-state index contributed by atoms with van der Waals surface area (Å²) in [5, 5.41) is 0. The van der Waals surface area contributed by atoms with Crippen molar-refractivity contribution in [2.45, 2.75) is 32.7 Å². The van der Waals surface area contributed by atoms with Gasteiger partial charge in [0.25, 0.3) is 0 Å². The molecule has 0 aliphatic carbocycles. The molecule has 3 heteroatoms. The van der Waals surface area contributed by atoms with Crippen molar-refractivity contribution in [1.82, 2.24) is 4.57 Å². The average molecular weight is 271 g/mol. The van der Waals surface area contributed by atoms with Crippen molar-refractivity contribution in [3.63, 3.8) is 0 Å². The van der Waals surface area contributed by atoms with E-state index in [2.05, 4.69) is 42.7 Å². The Bertz CT molecular complexity index is 570. The zero-order valence-corrected chi connectivity index (χ0v) is 12.3. The van der Waals surface area contributed by atoms with Crippen molar-refractivity contribution in [1.29, 1.82) is 0 Å². The Morgan fingerprint density at radius 3 is 2.40 bits per heavy atom. The van der Waals surface area contributed by atoms with Gasteiger partial charge in [0.15, 0.2) is 0 Å². The lowest BCUT2D eigenvalue weighted by Gasteiger charge is -2.16. The molecule has 0 fully saturated rings. The summed E-state index contributed by atoms with van der Waals surface area (Å²) in [6, 6.07) is 14.5. The van der Waals surface area contributed by atoms with E-state index in [-0.39, 0.29) is 12.0 Å². The molecule has 0 spiro atoms. The summed E-state index contributed by atoms with van der Waals surface area (Å²) in [6.45, 7) is 4.16. The third-order valence-corrected chi connectivity index (χ3v) is 3.43. The number of ether oxygens (including phenoxy) is 1. The molecule has 0 bridgehead atoms. The molecule has 0 saturated carbocycles. The van der Waals surface area contributed by atoms with Crippen molar-refractivity contribution < 1.29 is 9.53 Å². The summed E-state index contributed by atoms with van der Waals surface area (Å²) in [6.07, 6.45) is 1.89. The highest BCUT2D eigenvalue weighted by molar-refractivity contribution is 5.87. The van der Waals surface area contributed by atoms with Crippen LogP contribution in [0, 0.1) is 0 Å². The fourth-order valence-corrected chi connectivity index (χ4v) is 2.49. The minimum Gasteiger partial charge on any atom is -0.464 e. The molecule has 1 aromatic carbocycles. The van der Waals surface area contributed by atoms with E-state index in [1.165, 1.54) is 18.4 Å². The molecular weight excluding hydrogens is 250 g/mol. The van der Waals surface area contributed by atoms with Gasteiger partial charge in [0.2, 0.25) is 0 Å². The van der Waals surface area contributed by atoms with Crippen LogP contribution in [0.3, 0.4) is 0 Å². The van der Waals surface area contributed by atoms with Crippen LogP contribution >= 0.6 is 0 Å². The fourth-order valence-electron chi connectivity index (χ4n) is 2.49. The second kappa shape index (κ2) is 6.42. The van der Waals surface area contributed by atoms with Gasteiger partial charge < -0.3 is 9.30 Å². The maximum atomic E-state index is 11.8. The first-order chi connectivity index (χ1) is 9.63. The number of hydrogen-bond acceptors (Lipinski definition) is 2. The normalized spacial score (nSPS) is 10.8. The van der Waals surface area contributed by atoms with Gasteiger partial charge in [-0.2, -0.15) is 0 Å². The number of hydrogen-bond donors (Lipinski definition) is 0. The van der Waals surface area contributed by atoms with Gasteiger partial charge in [-0.05, 0) is 44.4 Å². The van der Waals surface area contributed by atoms with Gasteiger partial charge in [-0.3, -0.25) is 0 Å². The topological polar surface area (TPSA) is 31.2 Å². The van der Waals surface area contributed by atoms with Gasteiger partial charge in [-0.1, -0.05) is 30.3 Å². The molecule has 0 aliphatic heterocycles. The number of benzene rings is 1. The number of aryl methyl sites for hydroxylation is 2. The molecule has 20 heavy (non-hydrogen) atoms. The van der Waals surface area contributed by atoms with Gasteiger partial charge in [-0.15, -0.1) is 0 Å². The lowest BCUT2D eigenvalue weighted by Crippen LogP contribution is -2.15. The van der Waals surface area contributed by atoms with Crippen LogP contribution in [0.15, 0.2) is 42.5 Å². The van der Waals surface area contributed by atoms with Gasteiger partial charge in [0, 0.05) is 11.7 Å². The molecule has 0 unspecified atom stereocenters. The molecule has 0 N–H and O–H groups in total. The molecule has 106 valence electrons. The summed E-state index contributed by atoms with van der Waals surface area (Å²) in [5.41, 5.74) is 3.11. The Balaban J connectivity index is 2.19. The summed E-state index contributed by atoms with van der Waals surface area (Å²) in [5.74, 6) is -0.273. The summed E-state index contributed by atoms with van der Waals surface area (Å²) in [4.78, 5) is 11.8. The Labute approximate surface area is 120 Å². The monoisotopic (exact) mass is 271 g/mol. The Hall–Kier alpha value is -2.03. The number of carbonyl (C=O) groups is 1. The first-order valence-electron chi connectivity index (χ1n) is 6.96. The highest BCUT2D eigenvalue weighted by atomic mass is 16.5. The van der Waals surface area contributed by atoms with Crippen LogP contribution in [-0.2, 0) is 17.6 Å². The van der Waals surface area contributed by atoms with Crippen molar-refractivity contribution in [3.05, 3.63) is 59.4 Å². The van der Waals surface area contributed by atoms with Crippen LogP contribution < -0.4 is 0 Å². The van der Waals surface area contributed by atoms with E-state index in [0.29, 0.717) is 5.69 Å². The quantitative estimate of drug-likeness (QED) is 0.777. The van der Waals surface area contributed by atoms with E-state index in [1.54, 1.807) is 0 Å². The van der Waals surface area contributed by atoms with E-state index in [1.807, 2.05) is 18.2 Å². The van der Waals surface area contributed by atoms with Gasteiger partial charge in [-0.25, -0.2) is 4.79 Å². The lowest BCUT2D eigenvalue weighted by molar-refractivity contribution is 0.0586. The van der Waals surface area contributed by atoms with Crippen LogP contribution in [0.2, 0.25) is 0 Å². The highest BCUT2D eigenvalue weighted by Gasteiger charge is 2.17. The Kier molecular flexibility index (Phi) is 4.61. The third-order valence-electron chi connectivity index (χ3n) is 3.43. The maximum Gasteiger partial charge on any atom is 0.354 e. The van der Waals surface area contributed by atoms with Crippen molar-refractivity contribution in [3.8, 4) is 0 Å².